The number of anilines is 1. The fourth-order valence-corrected chi connectivity index (χ4v) is 3.13. The first-order valence-electron chi connectivity index (χ1n) is 8.56. The van der Waals surface area contributed by atoms with Crippen LogP contribution >= 0.6 is 0 Å². The number of nitrogens with one attached hydrogen (secondary N) is 1. The van der Waals surface area contributed by atoms with E-state index in [0.29, 0.717) is 6.42 Å². The summed E-state index contributed by atoms with van der Waals surface area (Å²) in [5, 5.41) is 13.1. The molecule has 3 rings (SSSR count). The van der Waals surface area contributed by atoms with Gasteiger partial charge in [-0.25, -0.2) is 4.79 Å². The number of ether oxygens (including phenoxy) is 1. The van der Waals surface area contributed by atoms with Crippen LogP contribution in [0, 0.1) is 0 Å². The topological polar surface area (TPSA) is 78.9 Å². The lowest BCUT2D eigenvalue weighted by Crippen LogP contribution is -2.49. The highest BCUT2D eigenvalue weighted by atomic mass is 16.6. The average molecular weight is 354 g/mol. The number of aliphatic hydroxyl groups excluding tert-OH is 1. The van der Waals surface area contributed by atoms with Crippen LogP contribution in [0.5, 0.6) is 0 Å². The van der Waals surface area contributed by atoms with Crippen molar-refractivity contribution < 1.29 is 19.4 Å². The van der Waals surface area contributed by atoms with Crippen LogP contribution in [0.1, 0.15) is 18.1 Å². The number of hydrogen-bond acceptors (Lipinski definition) is 4. The van der Waals surface area contributed by atoms with Crippen LogP contribution in [0.3, 0.4) is 0 Å². The van der Waals surface area contributed by atoms with Gasteiger partial charge in [0.1, 0.15) is 6.61 Å². The number of hydrogen-bond donors (Lipinski definition) is 2. The van der Waals surface area contributed by atoms with Gasteiger partial charge < -0.3 is 15.2 Å². The molecule has 2 atom stereocenters. The fraction of sp³-hybridized carbons (Fsp3) is 0.300. The molecular weight excluding hydrogens is 332 g/mol. The molecule has 6 heteroatoms. The minimum atomic E-state index is -0.893. The normalized spacial score (nSPS) is 16.7. The van der Waals surface area contributed by atoms with Crippen molar-refractivity contribution in [3.05, 3.63) is 65.7 Å². The summed E-state index contributed by atoms with van der Waals surface area (Å²) in [5.74, 6) is -0.224. The van der Waals surface area contributed by atoms with Crippen LogP contribution in [0.4, 0.5) is 10.5 Å². The smallest absolute Gasteiger partial charge is 0.414 e. The van der Waals surface area contributed by atoms with E-state index in [-0.39, 0.29) is 19.1 Å². The molecule has 2 amide bonds. The highest BCUT2D eigenvalue weighted by Gasteiger charge is 2.38. The molecule has 26 heavy (non-hydrogen) atoms. The fourth-order valence-electron chi connectivity index (χ4n) is 3.13. The number of nitrogens with zero attached hydrogens (tertiary/aromatic N) is 1. The monoisotopic (exact) mass is 354 g/mol. The Hall–Kier alpha value is -2.86. The summed E-state index contributed by atoms with van der Waals surface area (Å²) < 4.78 is 5.46. The van der Waals surface area contributed by atoms with Crippen LogP contribution in [0.15, 0.2) is 54.6 Å². The second-order valence-corrected chi connectivity index (χ2v) is 6.31. The Balaban J connectivity index is 1.75. The van der Waals surface area contributed by atoms with Gasteiger partial charge >= 0.3 is 6.09 Å². The van der Waals surface area contributed by atoms with Gasteiger partial charge in [-0.1, -0.05) is 48.5 Å². The largest absolute Gasteiger partial charge is 0.444 e. The number of amides is 2. The van der Waals surface area contributed by atoms with Gasteiger partial charge in [0.2, 0.25) is 5.91 Å². The van der Waals surface area contributed by atoms with E-state index in [0.717, 1.165) is 16.8 Å². The first-order valence-corrected chi connectivity index (χ1v) is 8.56. The third-order valence-electron chi connectivity index (χ3n) is 4.42. The predicted molar refractivity (Wildman–Crippen MR) is 97.7 cm³/mol. The summed E-state index contributed by atoms with van der Waals surface area (Å²) >= 11 is 0. The third kappa shape index (κ3) is 4.03. The zero-order valence-corrected chi connectivity index (χ0v) is 14.6. The average Bonchev–Trinajstić information content (AvgIpc) is 3.04. The number of aliphatic hydroxyl groups is 1. The van der Waals surface area contributed by atoms with Crippen LogP contribution in [0.2, 0.25) is 0 Å². The standard InChI is InChI=1S/C20H22N2O4/c1-14(23)21-12-19(24)18-11-16-9-5-6-10-17(16)22(18)20(25)26-13-15-7-3-2-4-8-15/h2-10,18-19,24H,11-13H2,1H3,(H,21,23). The van der Waals surface area contributed by atoms with E-state index < -0.39 is 18.2 Å². The molecule has 0 spiro atoms. The van der Waals surface area contributed by atoms with Gasteiger partial charge in [-0.05, 0) is 23.6 Å². The van der Waals surface area contributed by atoms with Crippen molar-refractivity contribution in [3.63, 3.8) is 0 Å². The molecule has 0 aromatic heterocycles. The Morgan fingerprint density at radius 1 is 1.19 bits per heavy atom. The Kier molecular flexibility index (Phi) is 5.53. The molecule has 1 aliphatic heterocycles. The van der Waals surface area contributed by atoms with Gasteiger partial charge in [-0.3, -0.25) is 9.69 Å². The summed E-state index contributed by atoms with van der Waals surface area (Å²) in [5.41, 5.74) is 2.59. The summed E-state index contributed by atoms with van der Waals surface area (Å²) in [6, 6.07) is 16.5. The van der Waals surface area contributed by atoms with E-state index in [2.05, 4.69) is 5.32 Å². The number of fused-ring (bicyclic) bond motifs is 1. The van der Waals surface area contributed by atoms with E-state index in [4.69, 9.17) is 4.74 Å². The number of para-hydroxylation sites is 1. The van der Waals surface area contributed by atoms with Crippen molar-refractivity contribution in [3.8, 4) is 0 Å². The Bertz CT molecular complexity index is 778. The minimum absolute atomic E-state index is 0.0798. The molecule has 2 N–H and O–H groups in total. The molecule has 2 unspecified atom stereocenters. The van der Waals surface area contributed by atoms with Crippen LogP contribution < -0.4 is 10.2 Å². The lowest BCUT2D eigenvalue weighted by molar-refractivity contribution is -0.119. The maximum atomic E-state index is 12.7. The van der Waals surface area contributed by atoms with Gasteiger partial charge in [-0.15, -0.1) is 0 Å². The number of carbonyl (C=O) groups excluding carboxylic acids is 2. The summed E-state index contributed by atoms with van der Waals surface area (Å²) in [4.78, 5) is 25.4. The van der Waals surface area contributed by atoms with Gasteiger partial charge in [0.15, 0.2) is 0 Å². The Labute approximate surface area is 152 Å². The van der Waals surface area contributed by atoms with Crippen LogP contribution in [-0.2, 0) is 22.6 Å². The number of rotatable bonds is 5. The van der Waals surface area contributed by atoms with E-state index in [1.54, 1.807) is 0 Å². The first kappa shape index (κ1) is 17.9. The minimum Gasteiger partial charge on any atom is -0.444 e. The van der Waals surface area contributed by atoms with Gasteiger partial charge in [0.05, 0.1) is 17.8 Å². The summed E-state index contributed by atoms with van der Waals surface area (Å²) in [6.07, 6.45) is -0.890. The zero-order chi connectivity index (χ0) is 18.5. The van der Waals surface area contributed by atoms with Crippen molar-refractivity contribution in [2.24, 2.45) is 0 Å². The molecule has 0 saturated carbocycles. The number of benzene rings is 2. The van der Waals surface area contributed by atoms with Crippen molar-refractivity contribution in [1.29, 1.82) is 0 Å². The third-order valence-corrected chi connectivity index (χ3v) is 4.42. The zero-order valence-electron chi connectivity index (χ0n) is 14.6. The molecule has 0 aliphatic carbocycles. The van der Waals surface area contributed by atoms with Crippen molar-refractivity contribution >= 4 is 17.7 Å². The molecule has 136 valence electrons. The second kappa shape index (κ2) is 8.01. The highest BCUT2D eigenvalue weighted by molar-refractivity contribution is 5.91. The van der Waals surface area contributed by atoms with E-state index >= 15 is 0 Å². The maximum Gasteiger partial charge on any atom is 0.414 e. The van der Waals surface area contributed by atoms with Crippen molar-refractivity contribution in [2.45, 2.75) is 32.1 Å². The van der Waals surface area contributed by atoms with E-state index in [9.17, 15) is 14.7 Å². The van der Waals surface area contributed by atoms with Gasteiger partial charge in [-0.2, -0.15) is 0 Å². The second-order valence-electron chi connectivity index (χ2n) is 6.31. The molecule has 1 aliphatic rings. The SMILES string of the molecule is CC(=O)NCC(O)C1Cc2ccccc2N1C(=O)OCc1ccccc1. The highest BCUT2D eigenvalue weighted by Crippen LogP contribution is 2.34. The predicted octanol–water partition coefficient (Wildman–Crippen LogP) is 2.25. The first-order chi connectivity index (χ1) is 12.6. The number of carbonyl (C=O) groups is 2. The van der Waals surface area contributed by atoms with Gasteiger partial charge in [0.25, 0.3) is 0 Å². The Morgan fingerprint density at radius 2 is 1.88 bits per heavy atom. The quantitative estimate of drug-likeness (QED) is 0.863. The molecule has 0 radical (unpaired) electrons. The molecule has 1 heterocycles. The molecule has 2 aromatic carbocycles. The Morgan fingerprint density at radius 3 is 2.62 bits per heavy atom. The summed E-state index contributed by atoms with van der Waals surface area (Å²) in [6.45, 7) is 1.63. The van der Waals surface area contributed by atoms with E-state index in [1.165, 1.54) is 11.8 Å². The molecular formula is C20H22N2O4. The maximum absolute atomic E-state index is 12.7. The van der Waals surface area contributed by atoms with Crippen LogP contribution in [0.25, 0.3) is 0 Å². The van der Waals surface area contributed by atoms with Crippen molar-refractivity contribution in [1.82, 2.24) is 5.32 Å². The molecule has 0 fully saturated rings. The van der Waals surface area contributed by atoms with Gasteiger partial charge in [0, 0.05) is 13.5 Å². The lowest BCUT2D eigenvalue weighted by Gasteiger charge is -2.28. The molecule has 0 bridgehead atoms. The molecule has 6 nitrogen and oxygen atoms in total. The van der Waals surface area contributed by atoms with E-state index in [1.807, 2.05) is 54.6 Å². The van der Waals surface area contributed by atoms with Crippen LogP contribution in [-0.4, -0.2) is 35.8 Å². The van der Waals surface area contributed by atoms with Crippen molar-refractivity contribution in [2.75, 3.05) is 11.4 Å². The molecule has 2 aromatic rings. The summed E-state index contributed by atoms with van der Waals surface area (Å²) in [7, 11) is 0. The lowest BCUT2D eigenvalue weighted by atomic mass is 10.1. The molecule has 0 saturated heterocycles.